The van der Waals surface area contributed by atoms with Crippen LogP contribution in [0.2, 0.25) is 0 Å². The van der Waals surface area contributed by atoms with Crippen molar-refractivity contribution in [3.8, 4) is 0 Å². The molecule has 0 bridgehead atoms. The van der Waals surface area contributed by atoms with Gasteiger partial charge in [0.2, 0.25) is 0 Å². The SMILES string of the molecule is COCC(=O)OC(=O)C(C)Nc1c(C)cccc1C. The van der Waals surface area contributed by atoms with E-state index in [9.17, 15) is 9.59 Å². The maximum atomic E-state index is 11.7. The smallest absolute Gasteiger partial charge is 0.339 e. The molecule has 0 fully saturated rings. The van der Waals surface area contributed by atoms with Gasteiger partial charge >= 0.3 is 11.9 Å². The van der Waals surface area contributed by atoms with Crippen molar-refractivity contribution in [3.63, 3.8) is 0 Å². The third-order valence-electron chi connectivity index (χ3n) is 2.67. The fraction of sp³-hybridized carbons (Fsp3) is 0.429. The standard InChI is InChI=1S/C14H19NO4/c1-9-6-5-7-10(2)13(9)15-11(3)14(17)19-12(16)8-18-4/h5-7,11,15H,8H2,1-4H3. The van der Waals surface area contributed by atoms with Crippen LogP contribution in [0.25, 0.3) is 0 Å². The number of ether oxygens (including phenoxy) is 2. The average Bonchev–Trinajstić information content (AvgIpc) is 2.34. The number of hydrogen-bond acceptors (Lipinski definition) is 5. The van der Waals surface area contributed by atoms with Crippen LogP contribution in [0, 0.1) is 13.8 Å². The first-order valence-electron chi connectivity index (χ1n) is 6.02. The molecule has 0 radical (unpaired) electrons. The van der Waals surface area contributed by atoms with Gasteiger partial charge in [-0.25, -0.2) is 9.59 Å². The lowest BCUT2D eigenvalue weighted by Gasteiger charge is -2.17. The number of carbonyl (C=O) groups is 2. The lowest BCUT2D eigenvalue weighted by Crippen LogP contribution is -2.31. The molecule has 0 amide bonds. The van der Waals surface area contributed by atoms with Gasteiger partial charge in [0.05, 0.1) is 0 Å². The second kappa shape index (κ2) is 6.89. The van der Waals surface area contributed by atoms with Crippen molar-refractivity contribution in [1.82, 2.24) is 0 Å². The Morgan fingerprint density at radius 2 is 1.84 bits per heavy atom. The third kappa shape index (κ3) is 4.37. The minimum absolute atomic E-state index is 0.234. The Labute approximate surface area is 112 Å². The number of rotatable bonds is 5. The zero-order valence-corrected chi connectivity index (χ0v) is 11.6. The van der Waals surface area contributed by atoms with Gasteiger partial charge in [0.25, 0.3) is 0 Å². The minimum Gasteiger partial charge on any atom is -0.390 e. The quantitative estimate of drug-likeness (QED) is 0.650. The number of aryl methyl sites for hydroxylation is 2. The summed E-state index contributed by atoms with van der Waals surface area (Å²) in [5.74, 6) is -1.31. The molecule has 1 atom stereocenters. The first-order valence-corrected chi connectivity index (χ1v) is 6.02. The molecule has 1 rings (SSSR count). The number of nitrogens with one attached hydrogen (secondary N) is 1. The molecule has 0 aromatic heterocycles. The van der Waals surface area contributed by atoms with E-state index in [2.05, 4.69) is 14.8 Å². The van der Waals surface area contributed by atoms with Gasteiger partial charge in [-0.2, -0.15) is 0 Å². The van der Waals surface area contributed by atoms with E-state index in [1.165, 1.54) is 7.11 Å². The Bertz CT molecular complexity index is 450. The van der Waals surface area contributed by atoms with Crippen molar-refractivity contribution in [2.24, 2.45) is 0 Å². The fourth-order valence-electron chi connectivity index (χ4n) is 1.67. The highest BCUT2D eigenvalue weighted by Crippen LogP contribution is 2.20. The molecule has 1 N–H and O–H groups in total. The maximum absolute atomic E-state index is 11.7. The topological polar surface area (TPSA) is 64.6 Å². The number of hydrogen-bond donors (Lipinski definition) is 1. The van der Waals surface area contributed by atoms with Crippen molar-refractivity contribution >= 4 is 17.6 Å². The zero-order chi connectivity index (χ0) is 14.4. The van der Waals surface area contributed by atoms with Crippen molar-refractivity contribution < 1.29 is 19.1 Å². The molecular weight excluding hydrogens is 246 g/mol. The minimum atomic E-state index is -0.692. The predicted molar refractivity (Wildman–Crippen MR) is 72.0 cm³/mol. The monoisotopic (exact) mass is 265 g/mol. The van der Waals surface area contributed by atoms with Gasteiger partial charge in [-0.15, -0.1) is 0 Å². The maximum Gasteiger partial charge on any atom is 0.339 e. The van der Waals surface area contributed by atoms with Gasteiger partial charge in [-0.3, -0.25) is 0 Å². The molecule has 0 aliphatic carbocycles. The zero-order valence-electron chi connectivity index (χ0n) is 11.6. The molecule has 0 spiro atoms. The van der Waals surface area contributed by atoms with Gasteiger partial charge in [-0.05, 0) is 31.9 Å². The van der Waals surface area contributed by atoms with Gasteiger partial charge in [0, 0.05) is 12.8 Å². The third-order valence-corrected chi connectivity index (χ3v) is 2.67. The molecule has 5 heteroatoms. The second-order valence-electron chi connectivity index (χ2n) is 4.36. The molecule has 0 saturated carbocycles. The molecule has 1 aromatic rings. The summed E-state index contributed by atoms with van der Waals surface area (Å²) in [6, 6.07) is 5.23. The normalized spacial score (nSPS) is 11.8. The Balaban J connectivity index is 2.66. The van der Waals surface area contributed by atoms with Crippen LogP contribution in [-0.2, 0) is 19.1 Å². The molecule has 0 aliphatic rings. The van der Waals surface area contributed by atoms with Crippen molar-refractivity contribution in [2.75, 3.05) is 19.0 Å². The summed E-state index contributed by atoms with van der Waals surface area (Å²) in [7, 11) is 1.37. The highest BCUT2D eigenvalue weighted by Gasteiger charge is 2.19. The summed E-state index contributed by atoms with van der Waals surface area (Å²) in [5.41, 5.74) is 2.94. The highest BCUT2D eigenvalue weighted by atomic mass is 16.6. The molecule has 0 aliphatic heterocycles. The molecule has 1 aromatic carbocycles. The number of benzene rings is 1. The summed E-state index contributed by atoms with van der Waals surface area (Å²) < 4.78 is 9.23. The van der Waals surface area contributed by atoms with Crippen LogP contribution in [0.3, 0.4) is 0 Å². The van der Waals surface area contributed by atoms with Crippen LogP contribution in [-0.4, -0.2) is 31.7 Å². The summed E-state index contributed by atoms with van der Waals surface area (Å²) in [5, 5.41) is 3.06. The van der Waals surface area contributed by atoms with E-state index < -0.39 is 18.0 Å². The Hall–Kier alpha value is -1.88. The number of para-hydroxylation sites is 1. The summed E-state index contributed by atoms with van der Waals surface area (Å²) in [6.07, 6.45) is 0. The van der Waals surface area contributed by atoms with E-state index in [-0.39, 0.29) is 6.61 Å². The summed E-state index contributed by atoms with van der Waals surface area (Å²) in [4.78, 5) is 22.8. The number of anilines is 1. The summed E-state index contributed by atoms with van der Waals surface area (Å²) >= 11 is 0. The van der Waals surface area contributed by atoms with Gasteiger partial charge in [0.15, 0.2) is 0 Å². The average molecular weight is 265 g/mol. The molecule has 5 nitrogen and oxygen atoms in total. The van der Waals surface area contributed by atoms with E-state index in [4.69, 9.17) is 0 Å². The lowest BCUT2D eigenvalue weighted by atomic mass is 10.1. The van der Waals surface area contributed by atoms with E-state index in [1.54, 1.807) is 6.92 Å². The van der Waals surface area contributed by atoms with Crippen LogP contribution < -0.4 is 5.32 Å². The second-order valence-corrected chi connectivity index (χ2v) is 4.36. The van der Waals surface area contributed by atoms with E-state index >= 15 is 0 Å². The van der Waals surface area contributed by atoms with Crippen molar-refractivity contribution in [1.29, 1.82) is 0 Å². The molecule has 0 saturated heterocycles. The van der Waals surface area contributed by atoms with E-state index in [0.717, 1.165) is 16.8 Å². The first-order chi connectivity index (χ1) is 8.95. The number of esters is 2. The highest BCUT2D eigenvalue weighted by molar-refractivity contribution is 5.90. The van der Waals surface area contributed by atoms with E-state index in [0.29, 0.717) is 0 Å². The largest absolute Gasteiger partial charge is 0.390 e. The van der Waals surface area contributed by atoms with Gasteiger partial charge in [0.1, 0.15) is 12.6 Å². The van der Waals surface area contributed by atoms with Crippen molar-refractivity contribution in [2.45, 2.75) is 26.8 Å². The molecular formula is C14H19NO4. The first kappa shape index (κ1) is 15.2. The Morgan fingerprint density at radius 1 is 1.26 bits per heavy atom. The van der Waals surface area contributed by atoms with Gasteiger partial charge in [-0.1, -0.05) is 18.2 Å². The molecule has 19 heavy (non-hydrogen) atoms. The predicted octanol–water partition coefficient (Wildman–Crippen LogP) is 1.82. The van der Waals surface area contributed by atoms with Crippen LogP contribution in [0.4, 0.5) is 5.69 Å². The van der Waals surface area contributed by atoms with Gasteiger partial charge < -0.3 is 14.8 Å². The van der Waals surface area contributed by atoms with Crippen LogP contribution in [0.15, 0.2) is 18.2 Å². The lowest BCUT2D eigenvalue weighted by molar-refractivity contribution is -0.162. The molecule has 1 unspecified atom stereocenters. The Kier molecular flexibility index (Phi) is 5.51. The molecule has 0 heterocycles. The number of carbonyl (C=O) groups excluding carboxylic acids is 2. The Morgan fingerprint density at radius 3 is 2.37 bits per heavy atom. The van der Waals surface area contributed by atoms with Crippen molar-refractivity contribution in [3.05, 3.63) is 29.3 Å². The number of methoxy groups -OCH3 is 1. The summed E-state index contributed by atoms with van der Waals surface area (Å²) in [6.45, 7) is 5.31. The molecule has 104 valence electrons. The van der Waals surface area contributed by atoms with Crippen LogP contribution >= 0.6 is 0 Å². The van der Waals surface area contributed by atoms with Crippen LogP contribution in [0.1, 0.15) is 18.1 Å². The fourth-order valence-corrected chi connectivity index (χ4v) is 1.67. The van der Waals surface area contributed by atoms with E-state index in [1.807, 2.05) is 32.0 Å². The van der Waals surface area contributed by atoms with Crippen LogP contribution in [0.5, 0.6) is 0 Å².